The molecule has 0 aliphatic carbocycles. The molecule has 21 heavy (non-hydrogen) atoms. The summed E-state index contributed by atoms with van der Waals surface area (Å²) < 4.78 is 64.7. The van der Waals surface area contributed by atoms with Crippen molar-refractivity contribution < 1.29 is 31.9 Å². The van der Waals surface area contributed by atoms with Crippen molar-refractivity contribution in [3.63, 3.8) is 0 Å². The smallest absolute Gasteiger partial charge is 0.396 e. The Hall–Kier alpha value is -2.19. The number of halogens is 5. The number of rotatable bonds is 4. The number of alkyl halides is 3. The predicted molar refractivity (Wildman–Crippen MR) is 61.7 cm³/mol. The van der Waals surface area contributed by atoms with E-state index in [4.69, 9.17) is 5.11 Å². The number of fused-ring (bicyclic) bond motifs is 1. The number of aromatic nitrogens is 2. The van der Waals surface area contributed by atoms with Gasteiger partial charge in [0.05, 0.1) is 17.5 Å². The first-order valence-electron chi connectivity index (χ1n) is 5.80. The predicted octanol–water partition coefficient (Wildman–Crippen LogP) is 2.89. The van der Waals surface area contributed by atoms with Gasteiger partial charge in [-0.25, -0.2) is 13.8 Å². The van der Waals surface area contributed by atoms with E-state index < -0.39 is 42.4 Å². The number of nitrogens with zero attached hydrogens (tertiary/aromatic N) is 2. The SMILES string of the molecule is O=C(O)CCn1c(CC(F)(F)F)nc2cc(F)c(F)cc21. The maximum atomic E-state index is 13.2. The van der Waals surface area contributed by atoms with Crippen molar-refractivity contribution in [2.45, 2.75) is 25.6 Å². The van der Waals surface area contributed by atoms with Crippen LogP contribution >= 0.6 is 0 Å². The summed E-state index contributed by atoms with van der Waals surface area (Å²) in [5.41, 5.74) is -0.229. The van der Waals surface area contributed by atoms with E-state index in [1.54, 1.807) is 0 Å². The zero-order valence-electron chi connectivity index (χ0n) is 10.4. The highest BCUT2D eigenvalue weighted by atomic mass is 19.4. The first-order valence-corrected chi connectivity index (χ1v) is 5.80. The molecule has 0 atom stereocenters. The van der Waals surface area contributed by atoms with Gasteiger partial charge in [0, 0.05) is 18.7 Å². The third kappa shape index (κ3) is 3.47. The number of aryl methyl sites for hydroxylation is 1. The number of carboxylic acid groups (broad SMARTS) is 1. The largest absolute Gasteiger partial charge is 0.481 e. The molecule has 1 heterocycles. The second-order valence-electron chi connectivity index (χ2n) is 4.37. The lowest BCUT2D eigenvalue weighted by atomic mass is 10.3. The fourth-order valence-corrected chi connectivity index (χ4v) is 1.94. The van der Waals surface area contributed by atoms with Crippen molar-refractivity contribution in [2.24, 2.45) is 0 Å². The summed E-state index contributed by atoms with van der Waals surface area (Å²) in [6, 6.07) is 1.39. The minimum atomic E-state index is -4.57. The van der Waals surface area contributed by atoms with Crippen LogP contribution in [0.1, 0.15) is 12.2 Å². The van der Waals surface area contributed by atoms with E-state index in [0.717, 1.165) is 4.57 Å². The summed E-state index contributed by atoms with van der Waals surface area (Å²) in [6.45, 7) is -0.317. The lowest BCUT2D eigenvalue weighted by molar-refractivity contribution is -0.137. The zero-order valence-corrected chi connectivity index (χ0v) is 10.4. The lowest BCUT2D eigenvalue weighted by Crippen LogP contribution is -2.17. The van der Waals surface area contributed by atoms with Crippen LogP contribution in [0.15, 0.2) is 12.1 Å². The van der Waals surface area contributed by atoms with Crippen molar-refractivity contribution >= 4 is 17.0 Å². The van der Waals surface area contributed by atoms with Crippen LogP contribution in [-0.4, -0.2) is 26.8 Å². The van der Waals surface area contributed by atoms with Crippen LogP contribution in [-0.2, 0) is 17.8 Å². The molecule has 9 heteroatoms. The van der Waals surface area contributed by atoms with Gasteiger partial charge >= 0.3 is 12.1 Å². The Labute approximate surface area is 114 Å². The summed E-state index contributed by atoms with van der Waals surface area (Å²) in [5, 5.41) is 8.62. The standard InChI is InChI=1S/C12H9F5N2O2/c13-6-3-8-9(4-7(6)14)19(2-1-11(20)21)10(18-8)5-12(15,16)17/h3-4H,1-2,5H2,(H,20,21). The monoisotopic (exact) mass is 308 g/mol. The normalized spacial score (nSPS) is 12.0. The van der Waals surface area contributed by atoms with Gasteiger partial charge in [0.25, 0.3) is 0 Å². The quantitative estimate of drug-likeness (QED) is 0.884. The summed E-state index contributed by atoms with van der Waals surface area (Å²) in [7, 11) is 0. The van der Waals surface area contributed by atoms with Gasteiger partial charge in [0.1, 0.15) is 12.2 Å². The van der Waals surface area contributed by atoms with Crippen LogP contribution in [0.2, 0.25) is 0 Å². The molecule has 0 saturated carbocycles. The van der Waals surface area contributed by atoms with Crippen LogP contribution in [0.25, 0.3) is 11.0 Å². The topological polar surface area (TPSA) is 55.1 Å². The van der Waals surface area contributed by atoms with Crippen LogP contribution in [0, 0.1) is 11.6 Å². The fourth-order valence-electron chi connectivity index (χ4n) is 1.94. The highest BCUT2D eigenvalue weighted by Gasteiger charge is 2.31. The number of hydrogen-bond acceptors (Lipinski definition) is 2. The number of carboxylic acids is 1. The molecular formula is C12H9F5N2O2. The number of imidazole rings is 1. The average molecular weight is 308 g/mol. The molecule has 1 aromatic heterocycles. The number of hydrogen-bond donors (Lipinski definition) is 1. The van der Waals surface area contributed by atoms with E-state index in [1.807, 2.05) is 0 Å². The van der Waals surface area contributed by atoms with Gasteiger partial charge in [0.15, 0.2) is 11.6 Å². The number of carbonyl (C=O) groups is 1. The molecule has 0 spiro atoms. The molecule has 0 bridgehead atoms. The molecule has 2 rings (SSSR count). The van der Waals surface area contributed by atoms with Crippen molar-refractivity contribution in [1.82, 2.24) is 9.55 Å². The maximum Gasteiger partial charge on any atom is 0.396 e. The molecule has 2 aromatic rings. The highest BCUT2D eigenvalue weighted by Crippen LogP contribution is 2.26. The van der Waals surface area contributed by atoms with Crippen LogP contribution < -0.4 is 0 Å². The fraction of sp³-hybridized carbons (Fsp3) is 0.333. The molecule has 114 valence electrons. The molecule has 1 N–H and O–H groups in total. The molecule has 0 amide bonds. The number of benzene rings is 1. The second-order valence-corrected chi connectivity index (χ2v) is 4.37. The van der Waals surface area contributed by atoms with Crippen molar-refractivity contribution in [3.8, 4) is 0 Å². The van der Waals surface area contributed by atoms with Crippen LogP contribution in [0.3, 0.4) is 0 Å². The Morgan fingerprint density at radius 1 is 1.24 bits per heavy atom. The summed E-state index contributed by atoms with van der Waals surface area (Å²) in [6.07, 6.45) is -6.45. The molecule has 0 fully saturated rings. The third-order valence-corrected chi connectivity index (χ3v) is 2.78. The minimum Gasteiger partial charge on any atom is -0.481 e. The first-order chi connectivity index (χ1) is 9.67. The Bertz CT molecular complexity index is 693. The van der Waals surface area contributed by atoms with Gasteiger partial charge in [-0.15, -0.1) is 0 Å². The molecular weight excluding hydrogens is 299 g/mol. The molecule has 4 nitrogen and oxygen atoms in total. The van der Waals surface area contributed by atoms with E-state index in [9.17, 15) is 26.7 Å². The van der Waals surface area contributed by atoms with Gasteiger partial charge in [-0.3, -0.25) is 4.79 Å². The summed E-state index contributed by atoms with van der Waals surface area (Å²) >= 11 is 0. The summed E-state index contributed by atoms with van der Waals surface area (Å²) in [4.78, 5) is 14.2. The van der Waals surface area contributed by atoms with Gasteiger partial charge < -0.3 is 9.67 Å². The molecule has 0 saturated heterocycles. The van der Waals surface area contributed by atoms with Gasteiger partial charge in [-0.1, -0.05) is 0 Å². The molecule has 0 aliphatic heterocycles. The average Bonchev–Trinajstić information content (AvgIpc) is 2.62. The lowest BCUT2D eigenvalue weighted by Gasteiger charge is -2.09. The number of aliphatic carboxylic acids is 1. The van der Waals surface area contributed by atoms with E-state index in [0.29, 0.717) is 12.1 Å². The molecule has 0 radical (unpaired) electrons. The molecule has 1 aromatic carbocycles. The molecule has 0 unspecified atom stereocenters. The maximum absolute atomic E-state index is 13.2. The van der Waals surface area contributed by atoms with Gasteiger partial charge in [-0.2, -0.15) is 13.2 Å². The zero-order chi connectivity index (χ0) is 15.8. The van der Waals surface area contributed by atoms with E-state index >= 15 is 0 Å². The van der Waals surface area contributed by atoms with Crippen LogP contribution in [0.5, 0.6) is 0 Å². The Morgan fingerprint density at radius 3 is 2.43 bits per heavy atom. The van der Waals surface area contributed by atoms with Crippen molar-refractivity contribution in [3.05, 3.63) is 29.6 Å². The Kier molecular flexibility index (Phi) is 3.84. The first kappa shape index (κ1) is 15.2. The Balaban J connectivity index is 2.54. The van der Waals surface area contributed by atoms with Gasteiger partial charge in [-0.05, 0) is 0 Å². The van der Waals surface area contributed by atoms with Crippen molar-refractivity contribution in [2.75, 3.05) is 0 Å². The minimum absolute atomic E-state index is 0.0746. The third-order valence-electron chi connectivity index (χ3n) is 2.78. The van der Waals surface area contributed by atoms with Crippen LogP contribution in [0.4, 0.5) is 22.0 Å². The van der Waals surface area contributed by atoms with E-state index in [1.165, 1.54) is 0 Å². The van der Waals surface area contributed by atoms with E-state index in [2.05, 4.69) is 4.98 Å². The van der Waals surface area contributed by atoms with Gasteiger partial charge in [0.2, 0.25) is 0 Å². The second kappa shape index (κ2) is 5.30. The highest BCUT2D eigenvalue weighted by molar-refractivity contribution is 5.76. The van der Waals surface area contributed by atoms with Crippen molar-refractivity contribution in [1.29, 1.82) is 0 Å². The Morgan fingerprint density at radius 2 is 1.86 bits per heavy atom. The molecule has 0 aliphatic rings. The summed E-state index contributed by atoms with van der Waals surface area (Å²) in [5.74, 6) is -4.18. The van der Waals surface area contributed by atoms with E-state index in [-0.39, 0.29) is 17.6 Å².